The lowest BCUT2D eigenvalue weighted by Crippen LogP contribution is -2.68. The minimum atomic E-state index is -3.13. The molecular weight excluding hydrogens is 320 g/mol. The Morgan fingerprint density at radius 3 is 1.80 bits per heavy atom. The maximum absolute atomic E-state index is 12.0. The highest BCUT2D eigenvalue weighted by atomic mass is 28.4. The van der Waals surface area contributed by atoms with Crippen molar-refractivity contribution in [2.24, 2.45) is 0 Å². The molecule has 1 nitrogen and oxygen atoms in total. The Balaban J connectivity index is 2.29. The van der Waals surface area contributed by atoms with Gasteiger partial charge in [0.15, 0.2) is 0 Å². The molecule has 25 heavy (non-hydrogen) atoms. The quantitative estimate of drug-likeness (QED) is 0.441. The largest absolute Gasteiger partial charge is 0.421 e. The van der Waals surface area contributed by atoms with Gasteiger partial charge in [-0.15, -0.1) is 0 Å². The van der Waals surface area contributed by atoms with Crippen LogP contribution in [-0.2, 0) is 0 Å². The van der Waals surface area contributed by atoms with Gasteiger partial charge in [-0.05, 0) is 34.1 Å². The van der Waals surface area contributed by atoms with Crippen LogP contribution in [0.1, 0.15) is 12.5 Å². The first-order valence-electron chi connectivity index (χ1n) is 8.23. The Morgan fingerprint density at radius 2 is 1.28 bits per heavy atom. The third kappa shape index (κ3) is 3.48. The fraction of sp³-hybridized carbons (Fsp3) is 0.0435. The molecule has 0 amide bonds. The molecule has 1 N–H and O–H groups in total. The van der Waals surface area contributed by atoms with Crippen molar-refractivity contribution in [3.63, 3.8) is 0 Å². The van der Waals surface area contributed by atoms with Gasteiger partial charge in [-0.25, -0.2) is 0 Å². The first-order valence-corrected chi connectivity index (χ1v) is 10.2. The van der Waals surface area contributed by atoms with Gasteiger partial charge in [0.05, 0.1) is 0 Å². The number of hydrogen-bond acceptors (Lipinski definition) is 1. The smallest absolute Gasteiger partial charge is 0.286 e. The van der Waals surface area contributed by atoms with Gasteiger partial charge in [0.1, 0.15) is 0 Å². The van der Waals surface area contributed by atoms with Crippen molar-refractivity contribution in [3.05, 3.63) is 103 Å². The van der Waals surface area contributed by atoms with Gasteiger partial charge in [-0.3, -0.25) is 0 Å². The third-order valence-electron chi connectivity index (χ3n) is 4.11. The van der Waals surface area contributed by atoms with Crippen molar-refractivity contribution in [1.29, 1.82) is 0 Å². The second kappa shape index (κ2) is 7.35. The van der Waals surface area contributed by atoms with E-state index in [-0.39, 0.29) is 0 Å². The Hall–Kier alpha value is -2.86. The van der Waals surface area contributed by atoms with Crippen LogP contribution in [-0.4, -0.2) is 13.1 Å². The molecule has 0 heterocycles. The van der Waals surface area contributed by atoms with E-state index in [1.54, 1.807) is 0 Å². The van der Waals surface area contributed by atoms with Crippen LogP contribution in [0.2, 0.25) is 0 Å². The maximum Gasteiger partial charge on any atom is 0.286 e. The van der Waals surface area contributed by atoms with Gasteiger partial charge in [0.25, 0.3) is 8.32 Å². The monoisotopic (exact) mass is 340 g/mol. The molecule has 2 heteroatoms. The van der Waals surface area contributed by atoms with Crippen molar-refractivity contribution in [1.82, 2.24) is 0 Å². The maximum atomic E-state index is 12.0. The number of rotatable bonds is 3. The molecule has 0 saturated heterocycles. The summed E-state index contributed by atoms with van der Waals surface area (Å²) in [6.45, 7) is 5.74. The molecule has 0 fully saturated rings. The van der Waals surface area contributed by atoms with E-state index >= 15 is 0 Å². The molecule has 0 saturated carbocycles. The second-order valence-corrected chi connectivity index (χ2v) is 9.13. The predicted octanol–water partition coefficient (Wildman–Crippen LogP) is 2.57. The summed E-state index contributed by atoms with van der Waals surface area (Å²) in [5.41, 5.74) is 1.66. The van der Waals surface area contributed by atoms with Crippen LogP contribution in [0.25, 0.3) is 0 Å². The van der Waals surface area contributed by atoms with Crippen molar-refractivity contribution >= 4 is 23.9 Å². The van der Waals surface area contributed by atoms with Gasteiger partial charge >= 0.3 is 0 Å². The molecule has 0 aliphatic heterocycles. The Labute approximate surface area is 150 Å². The fourth-order valence-corrected chi connectivity index (χ4v) is 6.10. The summed E-state index contributed by atoms with van der Waals surface area (Å²) in [4.78, 5) is 12.0. The Morgan fingerprint density at radius 1 is 0.800 bits per heavy atom. The summed E-state index contributed by atoms with van der Waals surface area (Å²) in [6, 6.07) is 27.7. The predicted molar refractivity (Wildman–Crippen MR) is 108 cm³/mol. The van der Waals surface area contributed by atoms with Crippen LogP contribution < -0.4 is 15.6 Å². The minimum Gasteiger partial charge on any atom is -0.421 e. The summed E-state index contributed by atoms with van der Waals surface area (Å²) < 4.78 is 0. The lowest BCUT2D eigenvalue weighted by molar-refractivity contribution is 0.583. The molecular formula is C23H20OSi. The lowest BCUT2D eigenvalue weighted by Gasteiger charge is -2.28. The molecule has 0 radical (unpaired) electrons. The van der Waals surface area contributed by atoms with Crippen LogP contribution in [0.5, 0.6) is 0 Å². The molecule has 0 aliphatic rings. The van der Waals surface area contributed by atoms with Crippen molar-refractivity contribution < 1.29 is 4.80 Å². The topological polar surface area (TPSA) is 20.2 Å². The van der Waals surface area contributed by atoms with E-state index in [0.717, 1.165) is 26.7 Å². The van der Waals surface area contributed by atoms with Crippen LogP contribution in [0, 0.1) is 11.8 Å². The van der Waals surface area contributed by atoms with E-state index in [0.29, 0.717) is 0 Å². The number of benzene rings is 3. The van der Waals surface area contributed by atoms with Crippen molar-refractivity contribution in [2.75, 3.05) is 0 Å². The zero-order chi connectivity index (χ0) is 17.7. The van der Waals surface area contributed by atoms with E-state index in [1.807, 2.05) is 91.9 Å². The molecule has 0 atom stereocenters. The zero-order valence-electron chi connectivity index (χ0n) is 14.2. The summed E-state index contributed by atoms with van der Waals surface area (Å²) in [6.07, 6.45) is 0. The highest BCUT2D eigenvalue weighted by Gasteiger charge is 2.39. The average molecular weight is 340 g/mol. The molecule has 0 spiro atoms. The molecule has 0 bridgehead atoms. The summed E-state index contributed by atoms with van der Waals surface area (Å²) in [7, 11) is -3.13. The van der Waals surface area contributed by atoms with Gasteiger partial charge in [-0.1, -0.05) is 97.3 Å². The van der Waals surface area contributed by atoms with Crippen LogP contribution in [0.15, 0.2) is 97.1 Å². The number of allylic oxidation sites excluding steroid dienone is 1. The second-order valence-electron chi connectivity index (χ2n) is 6.02. The fourth-order valence-electron chi connectivity index (χ4n) is 2.92. The SMILES string of the molecule is C=C(C)C#Cc1ccccc1[Si](O)(c1ccccc1)c1ccccc1. The molecule has 3 aromatic rings. The van der Waals surface area contributed by atoms with Gasteiger partial charge in [0, 0.05) is 5.56 Å². The third-order valence-corrected chi connectivity index (χ3v) is 7.66. The average Bonchev–Trinajstić information content (AvgIpc) is 2.67. The van der Waals surface area contributed by atoms with Gasteiger partial charge < -0.3 is 4.80 Å². The van der Waals surface area contributed by atoms with E-state index in [1.165, 1.54) is 0 Å². The lowest BCUT2D eigenvalue weighted by atomic mass is 10.2. The van der Waals surface area contributed by atoms with E-state index in [2.05, 4.69) is 18.4 Å². The normalized spacial score (nSPS) is 10.6. The van der Waals surface area contributed by atoms with Crippen molar-refractivity contribution in [3.8, 4) is 11.8 Å². The van der Waals surface area contributed by atoms with Crippen LogP contribution in [0.4, 0.5) is 0 Å². The molecule has 0 aliphatic carbocycles. The summed E-state index contributed by atoms with van der Waals surface area (Å²) in [5.74, 6) is 6.23. The van der Waals surface area contributed by atoms with Crippen molar-refractivity contribution in [2.45, 2.75) is 6.92 Å². The molecule has 0 unspecified atom stereocenters. The van der Waals surface area contributed by atoms with E-state index in [9.17, 15) is 4.80 Å². The molecule has 3 rings (SSSR count). The standard InChI is InChI=1S/C23H20OSi/c1-19(2)17-18-20-11-9-10-16-23(20)25(24,21-12-5-3-6-13-21)22-14-7-4-8-15-22/h3-16,24H,1H2,2H3. The molecule has 122 valence electrons. The van der Waals surface area contributed by atoms with Crippen LogP contribution in [0.3, 0.4) is 0 Å². The summed E-state index contributed by atoms with van der Waals surface area (Å²) >= 11 is 0. The highest BCUT2D eigenvalue weighted by molar-refractivity contribution is 7.06. The highest BCUT2D eigenvalue weighted by Crippen LogP contribution is 2.08. The number of hydrogen-bond donors (Lipinski definition) is 1. The summed E-state index contributed by atoms with van der Waals surface area (Å²) in [5, 5.41) is 2.80. The van der Waals surface area contributed by atoms with Gasteiger partial charge in [-0.2, -0.15) is 0 Å². The van der Waals surface area contributed by atoms with E-state index in [4.69, 9.17) is 0 Å². The Kier molecular flexibility index (Phi) is 4.99. The molecule has 3 aromatic carbocycles. The van der Waals surface area contributed by atoms with E-state index < -0.39 is 8.32 Å². The first-order chi connectivity index (χ1) is 12.1. The molecule has 0 aromatic heterocycles. The minimum absolute atomic E-state index is 0.805. The van der Waals surface area contributed by atoms with Crippen LogP contribution >= 0.6 is 0 Å². The Bertz CT molecular complexity index is 894. The van der Waals surface area contributed by atoms with Gasteiger partial charge in [0.2, 0.25) is 0 Å². The first kappa shape index (κ1) is 17.0. The zero-order valence-corrected chi connectivity index (χ0v) is 15.2.